The first kappa shape index (κ1) is 17.1. The molecule has 0 saturated carbocycles. The zero-order valence-electron chi connectivity index (χ0n) is 13.4. The Kier molecular flexibility index (Phi) is 4.49. The number of ketones is 1. The number of ether oxygens (including phenoxy) is 1. The molecule has 0 unspecified atom stereocenters. The smallest absolute Gasteiger partial charge is 0.177 e. The van der Waals surface area contributed by atoms with Gasteiger partial charge in [0.25, 0.3) is 0 Å². The molecular formula is C19H19BrFNO2. The number of nitrogens with zero attached hydrogens (tertiary/aromatic N) is 1. The number of hydrogen-bond acceptors (Lipinski definition) is 3. The zero-order valence-corrected chi connectivity index (χ0v) is 15.1. The fourth-order valence-corrected chi connectivity index (χ4v) is 3.71. The number of piperidine rings is 1. The third-order valence-electron chi connectivity index (χ3n) is 5.08. The van der Waals surface area contributed by atoms with E-state index in [2.05, 4.69) is 11.9 Å². The zero-order chi connectivity index (χ0) is 16.0. The van der Waals surface area contributed by atoms with Crippen molar-refractivity contribution in [2.45, 2.75) is 18.3 Å². The molecule has 3 nitrogen and oxygen atoms in total. The molecule has 2 aromatic carbocycles. The number of rotatable bonds is 0. The molecule has 126 valence electrons. The summed E-state index contributed by atoms with van der Waals surface area (Å²) in [7, 11) is 2.06. The highest BCUT2D eigenvalue weighted by molar-refractivity contribution is 8.93. The summed E-state index contributed by atoms with van der Waals surface area (Å²) in [4.78, 5) is 15.6. The standard InChI is InChI=1S/C19H18FNO2.BrH/c1-21-10-8-19(9-11-21)15-4-2-3-5-17(15)23-16-7-6-13(20)12-14(16)18(19)22;/h2-7,12H,8-11H2,1H3;1H. The van der Waals surface area contributed by atoms with E-state index >= 15 is 0 Å². The molecule has 1 fully saturated rings. The Hall–Kier alpha value is -1.72. The predicted octanol–water partition coefficient (Wildman–Crippen LogP) is 4.36. The van der Waals surface area contributed by atoms with Gasteiger partial charge in [0.1, 0.15) is 17.3 Å². The third kappa shape index (κ3) is 2.56. The summed E-state index contributed by atoms with van der Waals surface area (Å²) in [6.07, 6.45) is 1.44. The Morgan fingerprint density at radius 2 is 1.79 bits per heavy atom. The van der Waals surface area contributed by atoms with Crippen LogP contribution < -0.4 is 4.74 Å². The minimum atomic E-state index is -0.623. The molecule has 5 heteroatoms. The first-order chi connectivity index (χ1) is 11.1. The molecular weight excluding hydrogens is 373 g/mol. The molecule has 2 aliphatic rings. The van der Waals surface area contributed by atoms with Crippen LogP contribution in [0.4, 0.5) is 4.39 Å². The SMILES string of the molecule is Br.CN1CCC2(CC1)C(=O)c1cc(F)ccc1Oc1ccccc12. The first-order valence-corrected chi connectivity index (χ1v) is 7.90. The van der Waals surface area contributed by atoms with Gasteiger partial charge in [-0.05, 0) is 57.2 Å². The lowest BCUT2D eigenvalue weighted by atomic mass is 9.68. The average molecular weight is 392 g/mol. The van der Waals surface area contributed by atoms with Crippen LogP contribution in [0.25, 0.3) is 0 Å². The van der Waals surface area contributed by atoms with Crippen molar-refractivity contribution in [3.05, 3.63) is 59.4 Å². The van der Waals surface area contributed by atoms with Gasteiger partial charge in [-0.1, -0.05) is 18.2 Å². The minimum absolute atomic E-state index is 0. The van der Waals surface area contributed by atoms with E-state index in [0.717, 1.165) is 31.5 Å². The van der Waals surface area contributed by atoms with Crippen molar-refractivity contribution in [3.63, 3.8) is 0 Å². The highest BCUT2D eigenvalue weighted by Gasteiger charge is 2.46. The lowest BCUT2D eigenvalue weighted by Gasteiger charge is -2.39. The summed E-state index contributed by atoms with van der Waals surface area (Å²) in [5.74, 6) is 0.718. The Morgan fingerprint density at radius 1 is 1.08 bits per heavy atom. The van der Waals surface area contributed by atoms with Crippen molar-refractivity contribution in [2.24, 2.45) is 0 Å². The van der Waals surface area contributed by atoms with Gasteiger partial charge in [0.15, 0.2) is 5.78 Å². The monoisotopic (exact) mass is 391 g/mol. The van der Waals surface area contributed by atoms with Crippen LogP contribution in [-0.2, 0) is 5.41 Å². The Morgan fingerprint density at radius 3 is 2.54 bits per heavy atom. The van der Waals surface area contributed by atoms with Gasteiger partial charge in [-0.2, -0.15) is 0 Å². The van der Waals surface area contributed by atoms with Crippen molar-refractivity contribution in [1.82, 2.24) is 4.90 Å². The number of carbonyl (C=O) groups is 1. The van der Waals surface area contributed by atoms with Crippen LogP contribution in [-0.4, -0.2) is 30.8 Å². The van der Waals surface area contributed by atoms with E-state index in [1.54, 1.807) is 6.07 Å². The van der Waals surface area contributed by atoms with Crippen molar-refractivity contribution in [1.29, 1.82) is 0 Å². The molecule has 4 rings (SSSR count). The van der Waals surface area contributed by atoms with Crippen molar-refractivity contribution < 1.29 is 13.9 Å². The first-order valence-electron chi connectivity index (χ1n) is 7.90. The third-order valence-corrected chi connectivity index (χ3v) is 5.08. The Bertz CT molecular complexity index is 785. The lowest BCUT2D eigenvalue weighted by molar-refractivity contribution is 0.0795. The van der Waals surface area contributed by atoms with Crippen LogP contribution in [0.1, 0.15) is 28.8 Å². The molecule has 24 heavy (non-hydrogen) atoms. The molecule has 2 heterocycles. The predicted molar refractivity (Wildman–Crippen MR) is 96.0 cm³/mol. The van der Waals surface area contributed by atoms with Crippen LogP contribution >= 0.6 is 17.0 Å². The summed E-state index contributed by atoms with van der Waals surface area (Å²) in [5, 5.41) is 0. The van der Waals surface area contributed by atoms with Crippen molar-refractivity contribution in [3.8, 4) is 11.5 Å². The summed E-state index contributed by atoms with van der Waals surface area (Å²) >= 11 is 0. The van der Waals surface area contributed by atoms with E-state index in [4.69, 9.17) is 4.74 Å². The Labute approximate surface area is 151 Å². The molecule has 0 radical (unpaired) electrons. The highest BCUT2D eigenvalue weighted by Crippen LogP contribution is 2.47. The average Bonchev–Trinajstić information content (AvgIpc) is 2.66. The number of hydrogen-bond donors (Lipinski definition) is 0. The van der Waals surface area contributed by atoms with E-state index in [1.165, 1.54) is 12.1 Å². The van der Waals surface area contributed by atoms with E-state index in [9.17, 15) is 9.18 Å². The van der Waals surface area contributed by atoms with Crippen LogP contribution in [0, 0.1) is 5.82 Å². The molecule has 0 aromatic heterocycles. The summed E-state index contributed by atoms with van der Waals surface area (Å²) in [5.41, 5.74) is 0.655. The second-order valence-corrected chi connectivity index (χ2v) is 6.45. The number of carbonyl (C=O) groups excluding carboxylic acids is 1. The van der Waals surface area contributed by atoms with E-state index in [1.807, 2.05) is 24.3 Å². The van der Waals surface area contributed by atoms with Crippen LogP contribution in [0.15, 0.2) is 42.5 Å². The maximum atomic E-state index is 13.7. The van der Waals surface area contributed by atoms with Crippen molar-refractivity contribution in [2.75, 3.05) is 20.1 Å². The number of halogens is 2. The van der Waals surface area contributed by atoms with Crippen LogP contribution in [0.2, 0.25) is 0 Å². The van der Waals surface area contributed by atoms with E-state index < -0.39 is 11.2 Å². The lowest BCUT2D eigenvalue weighted by Crippen LogP contribution is -2.45. The fourth-order valence-electron chi connectivity index (χ4n) is 3.71. The molecule has 2 aromatic rings. The fraction of sp³-hybridized carbons (Fsp3) is 0.316. The quantitative estimate of drug-likeness (QED) is 0.668. The minimum Gasteiger partial charge on any atom is -0.456 e. The van der Waals surface area contributed by atoms with Gasteiger partial charge in [0.2, 0.25) is 0 Å². The number of likely N-dealkylation sites (tertiary alicyclic amines) is 1. The van der Waals surface area contributed by atoms with Gasteiger partial charge >= 0.3 is 0 Å². The van der Waals surface area contributed by atoms with Gasteiger partial charge in [0, 0.05) is 5.56 Å². The Balaban J connectivity index is 0.00000169. The van der Waals surface area contributed by atoms with Crippen LogP contribution in [0.3, 0.4) is 0 Å². The van der Waals surface area contributed by atoms with E-state index in [-0.39, 0.29) is 22.8 Å². The van der Waals surface area contributed by atoms with Crippen LogP contribution in [0.5, 0.6) is 11.5 Å². The topological polar surface area (TPSA) is 29.5 Å². The van der Waals surface area contributed by atoms with E-state index in [0.29, 0.717) is 17.1 Å². The molecule has 0 bridgehead atoms. The van der Waals surface area contributed by atoms with Crippen molar-refractivity contribution >= 4 is 22.8 Å². The van der Waals surface area contributed by atoms with Gasteiger partial charge in [-0.15, -0.1) is 17.0 Å². The molecule has 0 aliphatic carbocycles. The maximum Gasteiger partial charge on any atom is 0.177 e. The molecule has 1 spiro atoms. The highest BCUT2D eigenvalue weighted by atomic mass is 79.9. The normalized spacial score (nSPS) is 18.8. The van der Waals surface area contributed by atoms with Gasteiger partial charge < -0.3 is 9.64 Å². The summed E-state index contributed by atoms with van der Waals surface area (Å²) < 4.78 is 19.7. The number of fused-ring (bicyclic) bond motifs is 3. The number of Topliss-reactive ketones (excluding diaryl/α,β-unsaturated/α-hetero) is 1. The molecule has 0 N–H and O–H groups in total. The number of benzene rings is 2. The molecule has 1 saturated heterocycles. The van der Waals surface area contributed by atoms with Gasteiger partial charge in [0.05, 0.1) is 11.0 Å². The second kappa shape index (κ2) is 6.30. The maximum absolute atomic E-state index is 13.7. The summed E-state index contributed by atoms with van der Waals surface area (Å²) in [6, 6.07) is 11.9. The summed E-state index contributed by atoms with van der Waals surface area (Å²) in [6.45, 7) is 1.68. The molecule has 0 amide bonds. The largest absolute Gasteiger partial charge is 0.456 e. The number of para-hydroxylation sites is 1. The van der Waals surface area contributed by atoms with Gasteiger partial charge in [-0.25, -0.2) is 4.39 Å². The molecule has 0 atom stereocenters. The molecule has 2 aliphatic heterocycles. The second-order valence-electron chi connectivity index (χ2n) is 6.45. The van der Waals surface area contributed by atoms with Gasteiger partial charge in [-0.3, -0.25) is 4.79 Å².